The molecule has 4 aromatic carbocycles. The number of imidazole rings is 1. The van der Waals surface area contributed by atoms with Gasteiger partial charge in [-0.05, 0) is 66.6 Å². The number of benzene rings is 4. The zero-order valence-electron chi connectivity index (χ0n) is 39.7. The van der Waals surface area contributed by atoms with Crippen molar-refractivity contribution >= 4 is 38.5 Å². The van der Waals surface area contributed by atoms with Gasteiger partial charge in [-0.15, -0.1) is 0 Å². The summed E-state index contributed by atoms with van der Waals surface area (Å²) >= 11 is 0. The fourth-order valence-corrected chi connectivity index (χ4v) is 9.74. The topological polar surface area (TPSA) is 51.3 Å². The smallest absolute Gasteiger partial charge is 0.347 e. The maximum absolute atomic E-state index is 13.9. The van der Waals surface area contributed by atoms with E-state index in [4.69, 9.17) is 9.40 Å². The number of hydrogen-bond donors (Lipinski definition) is 0. The third kappa shape index (κ3) is 14.6. The van der Waals surface area contributed by atoms with E-state index in [0.717, 1.165) is 46.0 Å². The molecule has 5 heteroatoms. The molecular weight excluding hydrogens is 771 g/mol. The molecule has 0 amide bonds. The first-order valence-electron chi connectivity index (χ1n) is 25.9. The van der Waals surface area contributed by atoms with Gasteiger partial charge in [-0.3, -0.25) is 0 Å². The Balaban J connectivity index is 1.07. The van der Waals surface area contributed by atoms with Gasteiger partial charge in [0, 0.05) is 42.2 Å². The summed E-state index contributed by atoms with van der Waals surface area (Å²) in [7, 11) is 0. The molecule has 0 radical (unpaired) electrons. The van der Waals surface area contributed by atoms with Crippen molar-refractivity contribution in [3.05, 3.63) is 95.3 Å². The molecule has 0 unspecified atom stereocenters. The second kappa shape index (κ2) is 27.1. The summed E-state index contributed by atoms with van der Waals surface area (Å²) in [5.74, 6) is 0.665. The van der Waals surface area contributed by atoms with Crippen LogP contribution in [-0.2, 0) is 6.54 Å². The average molecular weight is 852 g/mol. The van der Waals surface area contributed by atoms with Crippen LogP contribution in [0.15, 0.2) is 94.1 Å². The molecule has 2 heterocycles. The first-order valence-corrected chi connectivity index (χ1v) is 25.9. The van der Waals surface area contributed by atoms with Crippen LogP contribution >= 0.6 is 0 Å². The van der Waals surface area contributed by atoms with Crippen molar-refractivity contribution in [1.82, 2.24) is 9.55 Å². The van der Waals surface area contributed by atoms with Gasteiger partial charge in [-0.1, -0.05) is 216 Å². The van der Waals surface area contributed by atoms with Crippen LogP contribution in [0.3, 0.4) is 0 Å². The van der Waals surface area contributed by atoms with Crippen LogP contribution in [0.25, 0.3) is 55.3 Å². The largest absolute Gasteiger partial charge is 0.422 e. The minimum absolute atomic E-state index is 0.334. The molecule has 2 aromatic heterocycles. The SMILES string of the molecule is CCCCCCCCCCCCCCCCCCN(CCCCCCCCCCCC)c1ccc2cc(-c3nc4ccc5cc(-c6ccccc6)ccc5c4n3CC)c(=O)oc2c1. The number of rotatable bonds is 32. The van der Waals surface area contributed by atoms with E-state index in [-0.39, 0.29) is 5.63 Å². The number of hydrogen-bond acceptors (Lipinski definition) is 4. The number of nitrogens with zero attached hydrogens (tertiary/aromatic N) is 3. The number of fused-ring (bicyclic) bond motifs is 4. The molecule has 0 bridgehead atoms. The highest BCUT2D eigenvalue weighted by Crippen LogP contribution is 2.34. The predicted molar refractivity (Wildman–Crippen MR) is 273 cm³/mol. The lowest BCUT2D eigenvalue weighted by molar-refractivity contribution is 0.527. The van der Waals surface area contributed by atoms with Crippen LogP contribution in [-0.4, -0.2) is 22.6 Å². The molecule has 0 atom stereocenters. The van der Waals surface area contributed by atoms with Crippen molar-refractivity contribution in [3.63, 3.8) is 0 Å². The standard InChI is InChI=1S/C58H81N3O2/c1-4-7-9-11-13-15-17-18-19-20-21-22-24-26-28-33-43-60(42-32-27-25-23-16-14-12-10-8-5-2)51-39-36-50-45-53(58(62)63-55(50)46-51)57-59-54-41-38-49-44-48(47-34-30-29-31-35-47)37-40-52(49)56(54)61(57)6-3/h29-31,34-41,44-46H,4-28,32-33,42-43H2,1-3H3. The van der Waals surface area contributed by atoms with Crippen LogP contribution in [0.4, 0.5) is 5.69 Å². The van der Waals surface area contributed by atoms with E-state index in [1.807, 2.05) is 6.07 Å². The predicted octanol–water partition coefficient (Wildman–Crippen LogP) is 17.6. The van der Waals surface area contributed by atoms with E-state index in [0.29, 0.717) is 23.5 Å². The first kappa shape index (κ1) is 48.1. The van der Waals surface area contributed by atoms with E-state index in [1.165, 1.54) is 178 Å². The molecule has 0 saturated carbocycles. The third-order valence-electron chi connectivity index (χ3n) is 13.5. The Kier molecular flexibility index (Phi) is 20.7. The van der Waals surface area contributed by atoms with E-state index in [1.54, 1.807) is 0 Å². The lowest BCUT2D eigenvalue weighted by Crippen LogP contribution is -2.25. The summed E-state index contributed by atoms with van der Waals surface area (Å²) in [4.78, 5) is 21.5. The van der Waals surface area contributed by atoms with Gasteiger partial charge in [0.1, 0.15) is 17.0 Å². The van der Waals surface area contributed by atoms with Crippen molar-refractivity contribution in [2.24, 2.45) is 0 Å². The molecule has 0 N–H and O–H groups in total. The van der Waals surface area contributed by atoms with Crippen LogP contribution in [0, 0.1) is 0 Å². The molecule has 0 aliphatic rings. The number of aryl methyl sites for hydroxylation is 1. The van der Waals surface area contributed by atoms with Gasteiger partial charge in [0.2, 0.25) is 0 Å². The van der Waals surface area contributed by atoms with Crippen LogP contribution < -0.4 is 10.5 Å². The van der Waals surface area contributed by atoms with Gasteiger partial charge < -0.3 is 13.9 Å². The van der Waals surface area contributed by atoms with Crippen LogP contribution in [0.2, 0.25) is 0 Å². The van der Waals surface area contributed by atoms with E-state index < -0.39 is 0 Å². The Morgan fingerprint density at radius 2 is 1.03 bits per heavy atom. The van der Waals surface area contributed by atoms with Gasteiger partial charge >= 0.3 is 5.63 Å². The summed E-state index contributed by atoms with van der Waals surface area (Å²) in [6.07, 6.45) is 35.5. The fourth-order valence-electron chi connectivity index (χ4n) is 9.74. The monoisotopic (exact) mass is 852 g/mol. The van der Waals surface area contributed by atoms with Gasteiger partial charge in [-0.25, -0.2) is 9.78 Å². The zero-order chi connectivity index (χ0) is 43.9. The summed E-state index contributed by atoms with van der Waals surface area (Å²) in [5, 5.41) is 3.22. The van der Waals surface area contributed by atoms with E-state index in [9.17, 15) is 4.79 Å². The molecular formula is C58H81N3O2. The maximum Gasteiger partial charge on any atom is 0.347 e. The van der Waals surface area contributed by atoms with Crippen molar-refractivity contribution in [2.75, 3.05) is 18.0 Å². The second-order valence-electron chi connectivity index (χ2n) is 18.6. The van der Waals surface area contributed by atoms with Gasteiger partial charge in [0.05, 0.1) is 11.0 Å². The molecule has 0 spiro atoms. The van der Waals surface area contributed by atoms with Gasteiger partial charge in [0.25, 0.3) is 0 Å². The lowest BCUT2D eigenvalue weighted by atomic mass is 10.0. The number of aromatic nitrogens is 2. The summed E-state index contributed by atoms with van der Waals surface area (Å²) in [6.45, 7) is 9.50. The van der Waals surface area contributed by atoms with Gasteiger partial charge in [-0.2, -0.15) is 0 Å². The first-order chi connectivity index (χ1) is 31.1. The zero-order valence-corrected chi connectivity index (χ0v) is 39.7. The maximum atomic E-state index is 13.9. The Bertz CT molecular complexity index is 2270. The highest BCUT2D eigenvalue weighted by Gasteiger charge is 2.19. The third-order valence-corrected chi connectivity index (χ3v) is 13.5. The van der Waals surface area contributed by atoms with Gasteiger partial charge in [0.15, 0.2) is 0 Å². The summed E-state index contributed by atoms with van der Waals surface area (Å²) < 4.78 is 8.37. The fraction of sp³-hybridized carbons (Fsp3) is 0.552. The Hall–Kier alpha value is -4.38. The molecule has 0 fully saturated rings. The normalized spacial score (nSPS) is 11.7. The Morgan fingerprint density at radius 1 is 0.508 bits per heavy atom. The quantitative estimate of drug-likeness (QED) is 0.0313. The number of anilines is 1. The van der Waals surface area contributed by atoms with Crippen molar-refractivity contribution in [1.29, 1.82) is 0 Å². The molecule has 0 aliphatic heterocycles. The minimum atomic E-state index is -0.334. The number of unbranched alkanes of at least 4 members (excludes halogenated alkanes) is 24. The van der Waals surface area contributed by atoms with Crippen LogP contribution in [0.5, 0.6) is 0 Å². The lowest BCUT2D eigenvalue weighted by Gasteiger charge is -2.25. The average Bonchev–Trinajstić information content (AvgIpc) is 3.70. The molecule has 5 nitrogen and oxygen atoms in total. The van der Waals surface area contributed by atoms with Crippen molar-refractivity contribution in [2.45, 2.75) is 194 Å². The second-order valence-corrected chi connectivity index (χ2v) is 18.6. The van der Waals surface area contributed by atoms with E-state index >= 15 is 0 Å². The highest BCUT2D eigenvalue weighted by atomic mass is 16.4. The molecule has 63 heavy (non-hydrogen) atoms. The Labute approximate surface area is 381 Å². The molecule has 0 aliphatic carbocycles. The van der Waals surface area contributed by atoms with Crippen molar-refractivity contribution < 1.29 is 4.42 Å². The van der Waals surface area contributed by atoms with Crippen LogP contribution in [0.1, 0.15) is 188 Å². The molecule has 6 aromatic rings. The molecule has 340 valence electrons. The summed E-state index contributed by atoms with van der Waals surface area (Å²) in [6, 6.07) is 29.9. The highest BCUT2D eigenvalue weighted by molar-refractivity contribution is 6.06. The minimum Gasteiger partial charge on any atom is -0.422 e. The molecule has 0 saturated heterocycles. The Morgan fingerprint density at radius 3 is 1.57 bits per heavy atom. The van der Waals surface area contributed by atoms with Crippen molar-refractivity contribution in [3.8, 4) is 22.5 Å². The molecule has 6 rings (SSSR count). The van der Waals surface area contributed by atoms with E-state index in [2.05, 4.69) is 109 Å². The summed E-state index contributed by atoms with van der Waals surface area (Å²) in [5.41, 5.74) is 6.32.